The van der Waals surface area contributed by atoms with Gasteiger partial charge in [-0.2, -0.15) is 0 Å². The summed E-state index contributed by atoms with van der Waals surface area (Å²) < 4.78 is 27.0. The van der Waals surface area contributed by atoms with Crippen LogP contribution in [0.3, 0.4) is 0 Å². The van der Waals surface area contributed by atoms with E-state index in [0.29, 0.717) is 12.8 Å². The van der Waals surface area contributed by atoms with E-state index in [-0.39, 0.29) is 19.8 Å². The molecular weight excluding hydrogens is 247 g/mol. The summed E-state index contributed by atoms with van der Waals surface area (Å²) in [6.45, 7) is 5.36. The van der Waals surface area contributed by atoms with Crippen LogP contribution in [-0.2, 0) is 18.1 Å². The fourth-order valence-electron chi connectivity index (χ4n) is 1.22. The first kappa shape index (κ1) is 17.0. The van der Waals surface area contributed by atoms with Crippen molar-refractivity contribution in [3.8, 4) is 0 Å². The maximum atomic E-state index is 12.0. The summed E-state index contributed by atoms with van der Waals surface area (Å²) in [5.41, 5.74) is 0. The molecule has 0 aromatic heterocycles. The third-order valence-corrected chi connectivity index (χ3v) is 3.81. The summed E-state index contributed by atoms with van der Waals surface area (Å²) in [6.07, 6.45) is -0.653. The van der Waals surface area contributed by atoms with Gasteiger partial charge >= 0.3 is 7.82 Å². The Hall–Kier alpha value is 0.0300. The van der Waals surface area contributed by atoms with E-state index in [1.54, 1.807) is 20.8 Å². The molecular formula is C10H23O6P. The van der Waals surface area contributed by atoms with E-state index in [0.717, 1.165) is 0 Å². The first-order chi connectivity index (χ1) is 7.99. The van der Waals surface area contributed by atoms with E-state index in [4.69, 9.17) is 18.7 Å². The van der Waals surface area contributed by atoms with Crippen molar-refractivity contribution >= 4 is 7.82 Å². The van der Waals surface area contributed by atoms with Gasteiger partial charge in [-0.3, -0.25) is 13.6 Å². The number of rotatable bonds is 10. The Balaban J connectivity index is 4.28. The normalized spacial score (nSPS) is 15.8. The van der Waals surface area contributed by atoms with Crippen molar-refractivity contribution in [3.05, 3.63) is 0 Å². The van der Waals surface area contributed by atoms with E-state index in [1.165, 1.54) is 0 Å². The highest BCUT2D eigenvalue weighted by atomic mass is 31.2. The van der Waals surface area contributed by atoms with Crippen LogP contribution in [0.5, 0.6) is 0 Å². The van der Waals surface area contributed by atoms with Gasteiger partial charge < -0.3 is 10.2 Å². The fourth-order valence-corrected chi connectivity index (χ4v) is 2.60. The standard InChI is InChI=1S/C10H23O6P/c1-4-14-17(13,15-5-2)16-9(3)10(12)7-6-8-11/h9-12H,4-8H2,1-3H3. The van der Waals surface area contributed by atoms with E-state index < -0.39 is 20.0 Å². The van der Waals surface area contributed by atoms with Crippen LogP contribution in [0.25, 0.3) is 0 Å². The summed E-state index contributed by atoms with van der Waals surface area (Å²) in [7, 11) is -3.58. The highest BCUT2D eigenvalue weighted by molar-refractivity contribution is 7.48. The van der Waals surface area contributed by atoms with Gasteiger partial charge in [0.2, 0.25) is 0 Å². The molecule has 0 amide bonds. The van der Waals surface area contributed by atoms with Crippen molar-refractivity contribution in [1.82, 2.24) is 0 Å². The minimum atomic E-state index is -3.58. The van der Waals surface area contributed by atoms with Crippen LogP contribution in [0.2, 0.25) is 0 Å². The Kier molecular flexibility index (Phi) is 9.04. The summed E-state index contributed by atoms with van der Waals surface area (Å²) in [4.78, 5) is 0. The molecule has 0 saturated heterocycles. The number of hydrogen-bond donors (Lipinski definition) is 2. The highest BCUT2D eigenvalue weighted by Crippen LogP contribution is 2.50. The maximum absolute atomic E-state index is 12.0. The largest absolute Gasteiger partial charge is 0.475 e. The van der Waals surface area contributed by atoms with Gasteiger partial charge in [-0.15, -0.1) is 0 Å². The van der Waals surface area contributed by atoms with Crippen LogP contribution in [0.15, 0.2) is 0 Å². The van der Waals surface area contributed by atoms with Crippen molar-refractivity contribution in [3.63, 3.8) is 0 Å². The Morgan fingerprint density at radius 2 is 1.76 bits per heavy atom. The first-order valence-electron chi connectivity index (χ1n) is 5.85. The van der Waals surface area contributed by atoms with Crippen molar-refractivity contribution in [1.29, 1.82) is 0 Å². The van der Waals surface area contributed by atoms with Crippen LogP contribution in [0.4, 0.5) is 0 Å². The molecule has 0 aliphatic heterocycles. The monoisotopic (exact) mass is 270 g/mol. The second kappa shape index (κ2) is 9.03. The molecule has 0 rings (SSSR count). The number of phosphoric ester groups is 1. The zero-order chi connectivity index (χ0) is 13.3. The molecule has 6 nitrogen and oxygen atoms in total. The van der Waals surface area contributed by atoms with Crippen molar-refractivity contribution in [2.75, 3.05) is 19.8 Å². The molecule has 0 aliphatic carbocycles. The van der Waals surface area contributed by atoms with Gasteiger partial charge in [-0.25, -0.2) is 4.57 Å². The minimum Gasteiger partial charge on any atom is -0.396 e. The lowest BCUT2D eigenvalue weighted by Gasteiger charge is -2.24. The Labute approximate surface area is 103 Å². The SMILES string of the molecule is CCOP(=O)(OCC)OC(C)C(O)CCCO. The molecule has 104 valence electrons. The van der Waals surface area contributed by atoms with E-state index in [1.807, 2.05) is 0 Å². The van der Waals surface area contributed by atoms with Gasteiger partial charge in [-0.05, 0) is 33.6 Å². The molecule has 0 aromatic carbocycles. The lowest BCUT2D eigenvalue weighted by Crippen LogP contribution is -2.26. The summed E-state index contributed by atoms with van der Waals surface area (Å²) in [5.74, 6) is 0. The number of aliphatic hydroxyl groups is 2. The smallest absolute Gasteiger partial charge is 0.396 e. The average molecular weight is 270 g/mol. The number of phosphoric acid groups is 1. The van der Waals surface area contributed by atoms with E-state index >= 15 is 0 Å². The Morgan fingerprint density at radius 1 is 1.24 bits per heavy atom. The third-order valence-electron chi connectivity index (χ3n) is 2.07. The van der Waals surface area contributed by atoms with Crippen LogP contribution >= 0.6 is 7.82 Å². The van der Waals surface area contributed by atoms with Crippen molar-refractivity contribution < 1.29 is 28.3 Å². The van der Waals surface area contributed by atoms with Gasteiger partial charge in [0.15, 0.2) is 0 Å². The molecule has 0 spiro atoms. The molecule has 0 heterocycles. The second-order valence-electron chi connectivity index (χ2n) is 3.53. The Morgan fingerprint density at radius 3 is 2.18 bits per heavy atom. The molecule has 7 heteroatoms. The molecule has 0 aromatic rings. The predicted molar refractivity (Wildman–Crippen MR) is 63.7 cm³/mol. The Bertz CT molecular complexity index is 225. The third kappa shape index (κ3) is 7.13. The fraction of sp³-hybridized carbons (Fsp3) is 1.00. The number of aliphatic hydroxyl groups excluding tert-OH is 2. The zero-order valence-corrected chi connectivity index (χ0v) is 11.6. The molecule has 0 saturated carbocycles. The zero-order valence-electron chi connectivity index (χ0n) is 10.7. The van der Waals surface area contributed by atoms with E-state index in [9.17, 15) is 9.67 Å². The summed E-state index contributed by atoms with van der Waals surface area (Å²) in [6, 6.07) is 0. The van der Waals surface area contributed by atoms with Crippen LogP contribution in [0.1, 0.15) is 33.6 Å². The second-order valence-corrected chi connectivity index (χ2v) is 5.15. The predicted octanol–water partition coefficient (Wildman–Crippen LogP) is 1.71. The molecule has 17 heavy (non-hydrogen) atoms. The summed E-state index contributed by atoms with van der Waals surface area (Å²) in [5, 5.41) is 18.3. The molecule has 2 atom stereocenters. The highest BCUT2D eigenvalue weighted by Gasteiger charge is 2.30. The minimum absolute atomic E-state index is 0.00163. The van der Waals surface area contributed by atoms with Gasteiger partial charge in [0.05, 0.1) is 25.4 Å². The first-order valence-corrected chi connectivity index (χ1v) is 7.31. The van der Waals surface area contributed by atoms with Crippen molar-refractivity contribution in [2.24, 2.45) is 0 Å². The topological polar surface area (TPSA) is 85.2 Å². The summed E-state index contributed by atoms with van der Waals surface area (Å²) >= 11 is 0. The molecule has 0 bridgehead atoms. The molecule has 2 unspecified atom stereocenters. The lowest BCUT2D eigenvalue weighted by atomic mass is 10.1. The van der Waals surface area contributed by atoms with Crippen LogP contribution in [-0.4, -0.2) is 42.2 Å². The van der Waals surface area contributed by atoms with Crippen LogP contribution in [0, 0.1) is 0 Å². The maximum Gasteiger partial charge on any atom is 0.475 e. The molecule has 0 fully saturated rings. The quantitative estimate of drug-likeness (QED) is 0.588. The van der Waals surface area contributed by atoms with E-state index in [2.05, 4.69) is 0 Å². The lowest BCUT2D eigenvalue weighted by molar-refractivity contribution is 0.00639. The molecule has 0 radical (unpaired) electrons. The van der Waals surface area contributed by atoms with Gasteiger partial charge in [0.25, 0.3) is 0 Å². The van der Waals surface area contributed by atoms with Gasteiger partial charge in [0, 0.05) is 6.61 Å². The molecule has 2 N–H and O–H groups in total. The molecule has 0 aliphatic rings. The van der Waals surface area contributed by atoms with Crippen LogP contribution < -0.4 is 0 Å². The van der Waals surface area contributed by atoms with Gasteiger partial charge in [-0.1, -0.05) is 0 Å². The van der Waals surface area contributed by atoms with Crippen molar-refractivity contribution in [2.45, 2.75) is 45.8 Å². The van der Waals surface area contributed by atoms with Gasteiger partial charge in [0.1, 0.15) is 0 Å². The number of hydrogen-bond acceptors (Lipinski definition) is 6. The average Bonchev–Trinajstić information content (AvgIpc) is 2.26.